The van der Waals surface area contributed by atoms with E-state index >= 15 is 0 Å². The number of halogens is 1. The molecule has 3 heteroatoms. The minimum absolute atomic E-state index is 0.509. The van der Waals surface area contributed by atoms with Crippen LogP contribution in [0.5, 0.6) is 0 Å². The highest BCUT2D eigenvalue weighted by Crippen LogP contribution is 2.37. The lowest BCUT2D eigenvalue weighted by molar-refractivity contribution is -0.105. The second kappa shape index (κ2) is 4.13. The van der Waals surface area contributed by atoms with E-state index < -0.39 is 0 Å². The molecule has 2 saturated heterocycles. The minimum atomic E-state index is 0.509. The fourth-order valence-electron chi connectivity index (χ4n) is 2.64. The Morgan fingerprint density at radius 1 is 1.25 bits per heavy atom. The van der Waals surface area contributed by atoms with Crippen molar-refractivity contribution in [2.24, 2.45) is 5.41 Å². The highest BCUT2D eigenvalue weighted by Gasteiger charge is 2.44. The van der Waals surface area contributed by atoms with Gasteiger partial charge >= 0.3 is 0 Å². The second-order valence-corrected chi connectivity index (χ2v) is 6.00. The van der Waals surface area contributed by atoms with Crippen LogP contribution in [0.25, 0.3) is 0 Å². The van der Waals surface area contributed by atoms with E-state index in [2.05, 4.69) is 45.1 Å². The lowest BCUT2D eigenvalue weighted by atomic mass is 9.85. The Hall–Kier alpha value is -0.380. The summed E-state index contributed by atoms with van der Waals surface area (Å²) in [7, 11) is 0. The van der Waals surface area contributed by atoms with Crippen molar-refractivity contribution in [1.82, 2.24) is 4.90 Å². The number of benzene rings is 1. The van der Waals surface area contributed by atoms with Crippen LogP contribution in [0, 0.1) is 5.41 Å². The molecule has 0 bridgehead atoms. The lowest BCUT2D eigenvalue weighted by Crippen LogP contribution is -2.44. The van der Waals surface area contributed by atoms with Crippen LogP contribution in [0.15, 0.2) is 28.7 Å². The largest absolute Gasteiger partial charge is 0.380 e. The average Bonchev–Trinajstić information content (AvgIpc) is 2.66. The van der Waals surface area contributed by atoms with Crippen molar-refractivity contribution in [1.29, 1.82) is 0 Å². The smallest absolute Gasteiger partial charge is 0.0557 e. The van der Waals surface area contributed by atoms with Crippen molar-refractivity contribution in [2.75, 3.05) is 26.3 Å². The molecule has 16 heavy (non-hydrogen) atoms. The summed E-state index contributed by atoms with van der Waals surface area (Å²) in [5.41, 5.74) is 1.91. The summed E-state index contributed by atoms with van der Waals surface area (Å²) < 4.78 is 6.50. The topological polar surface area (TPSA) is 12.5 Å². The van der Waals surface area contributed by atoms with Crippen LogP contribution in [-0.4, -0.2) is 31.2 Å². The third kappa shape index (κ3) is 2.04. The second-order valence-electron chi connectivity index (χ2n) is 5.08. The fourth-order valence-corrected chi connectivity index (χ4v) is 2.90. The van der Waals surface area contributed by atoms with Gasteiger partial charge in [-0.25, -0.2) is 0 Å². The van der Waals surface area contributed by atoms with E-state index in [0.29, 0.717) is 5.41 Å². The molecule has 2 aliphatic rings. The SMILES string of the molecule is Brc1ccc(CN2CCC3(COC3)C2)cc1. The van der Waals surface area contributed by atoms with E-state index in [-0.39, 0.29) is 0 Å². The maximum atomic E-state index is 5.34. The highest BCUT2D eigenvalue weighted by atomic mass is 79.9. The zero-order valence-corrected chi connectivity index (χ0v) is 10.9. The highest BCUT2D eigenvalue weighted by molar-refractivity contribution is 9.10. The summed E-state index contributed by atoms with van der Waals surface area (Å²) in [5, 5.41) is 0. The van der Waals surface area contributed by atoms with Gasteiger partial charge in [0, 0.05) is 23.0 Å². The third-order valence-electron chi connectivity index (χ3n) is 3.65. The summed E-state index contributed by atoms with van der Waals surface area (Å²) in [5.74, 6) is 0. The van der Waals surface area contributed by atoms with E-state index in [1.54, 1.807) is 0 Å². The predicted octanol–water partition coefficient (Wildman–Crippen LogP) is 2.67. The van der Waals surface area contributed by atoms with Crippen molar-refractivity contribution < 1.29 is 4.74 Å². The zero-order chi connectivity index (χ0) is 11.0. The van der Waals surface area contributed by atoms with Crippen molar-refractivity contribution in [3.05, 3.63) is 34.3 Å². The Balaban J connectivity index is 1.61. The molecule has 0 radical (unpaired) electrons. The van der Waals surface area contributed by atoms with E-state index in [4.69, 9.17) is 4.74 Å². The number of ether oxygens (including phenoxy) is 1. The van der Waals surface area contributed by atoms with Crippen LogP contribution in [0.4, 0.5) is 0 Å². The van der Waals surface area contributed by atoms with Crippen LogP contribution in [0.2, 0.25) is 0 Å². The number of likely N-dealkylation sites (tertiary alicyclic amines) is 1. The van der Waals surface area contributed by atoms with E-state index in [9.17, 15) is 0 Å². The Kier molecular flexibility index (Phi) is 2.78. The summed E-state index contributed by atoms with van der Waals surface area (Å²) in [6.45, 7) is 5.46. The van der Waals surface area contributed by atoms with E-state index in [1.807, 2.05) is 0 Å². The molecule has 0 N–H and O–H groups in total. The monoisotopic (exact) mass is 281 g/mol. The molecule has 3 rings (SSSR count). The van der Waals surface area contributed by atoms with Crippen LogP contribution < -0.4 is 0 Å². The first kappa shape index (κ1) is 10.8. The van der Waals surface area contributed by atoms with Gasteiger partial charge < -0.3 is 4.74 Å². The quantitative estimate of drug-likeness (QED) is 0.827. The van der Waals surface area contributed by atoms with Gasteiger partial charge in [-0.2, -0.15) is 0 Å². The molecule has 2 fully saturated rings. The van der Waals surface area contributed by atoms with Gasteiger partial charge in [-0.15, -0.1) is 0 Å². The molecule has 0 aliphatic carbocycles. The molecular formula is C13H16BrNO. The van der Waals surface area contributed by atoms with Crippen molar-refractivity contribution in [3.8, 4) is 0 Å². The van der Waals surface area contributed by atoms with E-state index in [1.165, 1.54) is 25.1 Å². The predicted molar refractivity (Wildman–Crippen MR) is 67.3 cm³/mol. The van der Waals surface area contributed by atoms with Gasteiger partial charge in [-0.1, -0.05) is 28.1 Å². The van der Waals surface area contributed by atoms with Gasteiger partial charge in [0.15, 0.2) is 0 Å². The number of hydrogen-bond acceptors (Lipinski definition) is 2. The zero-order valence-electron chi connectivity index (χ0n) is 9.29. The fraction of sp³-hybridized carbons (Fsp3) is 0.538. The molecule has 2 heterocycles. The van der Waals surface area contributed by atoms with Crippen LogP contribution in [-0.2, 0) is 11.3 Å². The molecule has 0 amide bonds. The van der Waals surface area contributed by atoms with Crippen molar-refractivity contribution in [3.63, 3.8) is 0 Å². The van der Waals surface area contributed by atoms with E-state index in [0.717, 1.165) is 24.2 Å². The van der Waals surface area contributed by atoms with Gasteiger partial charge in [-0.05, 0) is 30.7 Å². The first-order chi connectivity index (χ1) is 7.76. The first-order valence-electron chi connectivity index (χ1n) is 5.80. The summed E-state index contributed by atoms with van der Waals surface area (Å²) in [6.07, 6.45) is 1.31. The number of hydrogen-bond donors (Lipinski definition) is 0. The maximum Gasteiger partial charge on any atom is 0.0557 e. The van der Waals surface area contributed by atoms with Crippen LogP contribution in [0.1, 0.15) is 12.0 Å². The van der Waals surface area contributed by atoms with Gasteiger partial charge in [0.2, 0.25) is 0 Å². The Labute approximate surface area is 105 Å². The summed E-state index contributed by atoms with van der Waals surface area (Å²) in [4.78, 5) is 2.55. The number of nitrogens with zero attached hydrogens (tertiary/aromatic N) is 1. The molecule has 2 nitrogen and oxygen atoms in total. The normalized spacial score (nSPS) is 23.6. The third-order valence-corrected chi connectivity index (χ3v) is 4.18. The first-order valence-corrected chi connectivity index (χ1v) is 6.60. The van der Waals surface area contributed by atoms with Gasteiger partial charge in [-0.3, -0.25) is 4.90 Å². The van der Waals surface area contributed by atoms with Gasteiger partial charge in [0.25, 0.3) is 0 Å². The molecule has 1 spiro atoms. The molecule has 1 aromatic rings. The summed E-state index contributed by atoms with van der Waals surface area (Å²) >= 11 is 3.47. The standard InChI is InChI=1S/C13H16BrNO/c14-12-3-1-11(2-4-12)7-15-6-5-13(8-15)9-16-10-13/h1-4H,5-10H2. The minimum Gasteiger partial charge on any atom is -0.380 e. The molecular weight excluding hydrogens is 266 g/mol. The maximum absolute atomic E-state index is 5.34. The van der Waals surface area contributed by atoms with Crippen molar-refractivity contribution in [2.45, 2.75) is 13.0 Å². The van der Waals surface area contributed by atoms with Crippen LogP contribution in [0.3, 0.4) is 0 Å². The van der Waals surface area contributed by atoms with Gasteiger partial charge in [0.05, 0.1) is 13.2 Å². The number of rotatable bonds is 2. The molecule has 0 aromatic heterocycles. The van der Waals surface area contributed by atoms with Crippen molar-refractivity contribution >= 4 is 15.9 Å². The van der Waals surface area contributed by atoms with Crippen LogP contribution >= 0.6 is 15.9 Å². The Bertz CT molecular complexity index is 372. The molecule has 1 aromatic carbocycles. The molecule has 0 saturated carbocycles. The Morgan fingerprint density at radius 2 is 2.00 bits per heavy atom. The molecule has 86 valence electrons. The molecule has 0 atom stereocenters. The summed E-state index contributed by atoms with van der Waals surface area (Å²) in [6, 6.07) is 8.64. The van der Waals surface area contributed by atoms with Gasteiger partial charge in [0.1, 0.15) is 0 Å². The Morgan fingerprint density at radius 3 is 2.56 bits per heavy atom. The lowest BCUT2D eigenvalue weighted by Gasteiger charge is -2.37. The average molecular weight is 282 g/mol. The molecule has 0 unspecified atom stereocenters. The molecule has 2 aliphatic heterocycles.